The van der Waals surface area contributed by atoms with E-state index in [1.54, 1.807) is 0 Å². The molecule has 0 saturated heterocycles. The van der Waals surface area contributed by atoms with Crippen molar-refractivity contribution in [3.05, 3.63) is 48.6 Å². The molecule has 0 radical (unpaired) electrons. The van der Waals surface area contributed by atoms with Crippen molar-refractivity contribution in [3.8, 4) is 0 Å². The second kappa shape index (κ2) is 9.81. The summed E-state index contributed by atoms with van der Waals surface area (Å²) in [5.41, 5.74) is 15.7. The van der Waals surface area contributed by atoms with Crippen LogP contribution in [0.25, 0.3) is 0 Å². The third-order valence-electron chi connectivity index (χ3n) is 4.92. The van der Waals surface area contributed by atoms with E-state index in [2.05, 4.69) is 26.3 Å². The summed E-state index contributed by atoms with van der Waals surface area (Å²) in [5, 5.41) is 0. The fraction of sp³-hybridized carbons (Fsp3) is 0.600. The number of nitrogens with two attached hydrogens (primary N) is 2. The van der Waals surface area contributed by atoms with Gasteiger partial charge in [-0.05, 0) is 66.9 Å². The molecule has 1 unspecified atom stereocenters. The first kappa shape index (κ1) is 18.9. The van der Waals surface area contributed by atoms with Gasteiger partial charge in [-0.2, -0.15) is 0 Å². The minimum absolute atomic E-state index is 0.0177. The van der Waals surface area contributed by atoms with Gasteiger partial charge in [-0.25, -0.2) is 0 Å². The molecular formula is C20H34N2. The average molecular weight is 303 g/mol. The summed E-state index contributed by atoms with van der Waals surface area (Å²) in [7, 11) is 0. The van der Waals surface area contributed by atoms with Gasteiger partial charge >= 0.3 is 0 Å². The predicted octanol–water partition coefficient (Wildman–Crippen LogP) is 4.64. The molecule has 2 nitrogen and oxygen atoms in total. The Labute approximate surface area is 137 Å². The minimum atomic E-state index is 0.0177. The molecule has 0 aromatic carbocycles. The van der Waals surface area contributed by atoms with Gasteiger partial charge in [0.2, 0.25) is 0 Å². The maximum atomic E-state index is 6.37. The number of rotatable bonds is 11. The van der Waals surface area contributed by atoms with Crippen LogP contribution in [0, 0.1) is 5.92 Å². The largest absolute Gasteiger partial charge is 0.330 e. The lowest BCUT2D eigenvalue weighted by molar-refractivity contribution is 0.478. The van der Waals surface area contributed by atoms with Crippen molar-refractivity contribution in [2.75, 3.05) is 6.54 Å². The second-order valence-electron chi connectivity index (χ2n) is 6.61. The summed E-state index contributed by atoms with van der Waals surface area (Å²) >= 11 is 0. The Bertz CT molecular complexity index is 413. The summed E-state index contributed by atoms with van der Waals surface area (Å²) in [6.45, 7) is 17.5. The van der Waals surface area contributed by atoms with Crippen molar-refractivity contribution in [2.45, 2.75) is 63.8 Å². The van der Waals surface area contributed by atoms with E-state index >= 15 is 0 Å². The molecule has 0 spiro atoms. The summed E-state index contributed by atoms with van der Waals surface area (Å²) < 4.78 is 0. The van der Waals surface area contributed by atoms with Crippen molar-refractivity contribution >= 4 is 0 Å². The SMILES string of the molecule is C=C(CCCCCCN)C(=C)C(=C)C(=C)C(N)C1CCCC1. The molecule has 4 N–H and O–H groups in total. The van der Waals surface area contributed by atoms with Crippen molar-refractivity contribution in [2.24, 2.45) is 17.4 Å². The molecule has 0 heterocycles. The first-order valence-corrected chi connectivity index (χ1v) is 8.70. The predicted molar refractivity (Wildman–Crippen MR) is 98.6 cm³/mol. The maximum Gasteiger partial charge on any atom is 0.0323 e. The van der Waals surface area contributed by atoms with Gasteiger partial charge in [0, 0.05) is 6.04 Å². The van der Waals surface area contributed by atoms with E-state index in [4.69, 9.17) is 11.5 Å². The molecule has 1 aliphatic rings. The number of hydrogen-bond acceptors (Lipinski definition) is 2. The Kier molecular flexibility index (Phi) is 8.44. The van der Waals surface area contributed by atoms with Crippen LogP contribution in [0.5, 0.6) is 0 Å². The smallest absolute Gasteiger partial charge is 0.0323 e. The van der Waals surface area contributed by atoms with Gasteiger partial charge in [-0.1, -0.05) is 52.0 Å². The standard InChI is InChI=1S/C20H34N2/c1-15(11-7-5-6-10-14-21)16(2)17(3)18(4)20(22)19-12-8-9-13-19/h19-20H,1-14,21-22H2. The van der Waals surface area contributed by atoms with E-state index in [0.29, 0.717) is 5.92 Å². The molecule has 124 valence electrons. The normalized spacial score (nSPS) is 16.5. The van der Waals surface area contributed by atoms with Crippen molar-refractivity contribution in [1.82, 2.24) is 0 Å². The van der Waals surface area contributed by atoms with Crippen molar-refractivity contribution in [1.29, 1.82) is 0 Å². The molecule has 0 aliphatic heterocycles. The van der Waals surface area contributed by atoms with Gasteiger partial charge in [0.1, 0.15) is 0 Å². The van der Waals surface area contributed by atoms with Crippen LogP contribution in [0.3, 0.4) is 0 Å². The van der Waals surface area contributed by atoms with E-state index in [9.17, 15) is 0 Å². The molecule has 1 saturated carbocycles. The third-order valence-corrected chi connectivity index (χ3v) is 4.92. The summed E-state index contributed by atoms with van der Waals surface area (Å²) in [4.78, 5) is 0. The van der Waals surface area contributed by atoms with E-state index in [1.165, 1.54) is 38.5 Å². The zero-order valence-electron chi connectivity index (χ0n) is 14.2. The van der Waals surface area contributed by atoms with Crippen LogP contribution in [-0.2, 0) is 0 Å². The average Bonchev–Trinajstić information content (AvgIpc) is 3.06. The Hall–Kier alpha value is -1.12. The lowest BCUT2D eigenvalue weighted by atomic mass is 9.85. The van der Waals surface area contributed by atoms with Crippen LogP contribution in [0.15, 0.2) is 48.6 Å². The monoisotopic (exact) mass is 302 g/mol. The van der Waals surface area contributed by atoms with Gasteiger partial charge in [0.15, 0.2) is 0 Å². The highest BCUT2D eigenvalue weighted by atomic mass is 14.7. The van der Waals surface area contributed by atoms with Crippen LogP contribution in [0.1, 0.15) is 57.8 Å². The number of allylic oxidation sites excluding steroid dienone is 2. The Morgan fingerprint density at radius 2 is 1.50 bits per heavy atom. The molecule has 0 aromatic heterocycles. The first-order chi connectivity index (χ1) is 10.5. The minimum Gasteiger partial charge on any atom is -0.330 e. The summed E-state index contributed by atoms with van der Waals surface area (Å²) in [5.74, 6) is 0.557. The second-order valence-corrected chi connectivity index (χ2v) is 6.61. The lowest BCUT2D eigenvalue weighted by Crippen LogP contribution is -2.31. The molecule has 0 aromatic rings. The fourth-order valence-electron chi connectivity index (χ4n) is 3.20. The van der Waals surface area contributed by atoms with Crippen molar-refractivity contribution < 1.29 is 0 Å². The van der Waals surface area contributed by atoms with E-state index in [0.717, 1.165) is 48.1 Å². The number of unbranched alkanes of at least 4 members (excludes halogenated alkanes) is 3. The van der Waals surface area contributed by atoms with Gasteiger partial charge < -0.3 is 11.5 Å². The van der Waals surface area contributed by atoms with E-state index < -0.39 is 0 Å². The zero-order valence-corrected chi connectivity index (χ0v) is 14.2. The van der Waals surface area contributed by atoms with Gasteiger partial charge in [-0.3, -0.25) is 0 Å². The highest BCUT2D eigenvalue weighted by molar-refractivity contribution is 5.53. The van der Waals surface area contributed by atoms with Crippen LogP contribution < -0.4 is 11.5 Å². The summed E-state index contributed by atoms with van der Waals surface area (Å²) in [6, 6.07) is 0.0177. The number of hydrogen-bond donors (Lipinski definition) is 2. The van der Waals surface area contributed by atoms with E-state index in [1.807, 2.05) is 0 Å². The molecule has 1 fully saturated rings. The lowest BCUT2D eigenvalue weighted by Gasteiger charge is -2.24. The first-order valence-electron chi connectivity index (χ1n) is 8.70. The molecule has 22 heavy (non-hydrogen) atoms. The molecule has 1 rings (SSSR count). The fourth-order valence-corrected chi connectivity index (χ4v) is 3.20. The zero-order chi connectivity index (χ0) is 16.5. The molecule has 2 heteroatoms. The molecule has 1 atom stereocenters. The third kappa shape index (κ3) is 5.58. The topological polar surface area (TPSA) is 52.0 Å². The summed E-state index contributed by atoms with van der Waals surface area (Å²) in [6.07, 6.45) is 10.6. The molecule has 0 bridgehead atoms. The highest BCUT2D eigenvalue weighted by Crippen LogP contribution is 2.33. The molecule has 0 amide bonds. The van der Waals surface area contributed by atoms with Crippen LogP contribution in [0.4, 0.5) is 0 Å². The highest BCUT2D eigenvalue weighted by Gasteiger charge is 2.25. The maximum absolute atomic E-state index is 6.37. The van der Waals surface area contributed by atoms with Crippen LogP contribution in [0.2, 0.25) is 0 Å². The van der Waals surface area contributed by atoms with Gasteiger partial charge in [-0.15, -0.1) is 0 Å². The molecular weight excluding hydrogens is 268 g/mol. The van der Waals surface area contributed by atoms with Gasteiger partial charge in [0.25, 0.3) is 0 Å². The van der Waals surface area contributed by atoms with Crippen molar-refractivity contribution in [3.63, 3.8) is 0 Å². The Morgan fingerprint density at radius 1 is 0.909 bits per heavy atom. The Morgan fingerprint density at radius 3 is 2.09 bits per heavy atom. The van der Waals surface area contributed by atoms with Crippen LogP contribution in [-0.4, -0.2) is 12.6 Å². The van der Waals surface area contributed by atoms with Crippen LogP contribution >= 0.6 is 0 Å². The van der Waals surface area contributed by atoms with E-state index in [-0.39, 0.29) is 6.04 Å². The van der Waals surface area contributed by atoms with Gasteiger partial charge in [0.05, 0.1) is 0 Å². The Balaban J connectivity index is 2.40. The quantitative estimate of drug-likeness (QED) is 0.431. The molecule has 1 aliphatic carbocycles.